The number of cyclic esters (lactones) is 1. The van der Waals surface area contributed by atoms with Gasteiger partial charge in [0.25, 0.3) is 11.7 Å². The molecule has 0 spiro atoms. The molecule has 0 aromatic heterocycles. The number of Topliss-reactive ketones (excluding diaryl/α,β-unsaturated/α-hetero) is 2. The third-order valence-corrected chi connectivity index (χ3v) is 13.0. The van der Waals surface area contributed by atoms with E-state index in [1.165, 1.54) is 4.90 Å². The lowest BCUT2D eigenvalue weighted by atomic mass is 9.78. The molecule has 12 heteroatoms. The van der Waals surface area contributed by atoms with Crippen LogP contribution in [-0.2, 0) is 33.4 Å². The number of amides is 1. The van der Waals surface area contributed by atoms with Crippen molar-refractivity contribution in [1.29, 1.82) is 0 Å². The van der Waals surface area contributed by atoms with Crippen molar-refractivity contribution in [3.8, 4) is 0 Å². The average Bonchev–Trinajstić information content (AvgIpc) is 3.16. The Kier molecular flexibility index (Phi) is 16.7. The van der Waals surface area contributed by atoms with Gasteiger partial charge in [-0.2, -0.15) is 0 Å². The van der Waals surface area contributed by atoms with Crippen molar-refractivity contribution in [2.75, 3.05) is 20.3 Å². The predicted octanol–water partition coefficient (Wildman–Crippen LogP) is 4.85. The molecule has 1 saturated carbocycles. The highest BCUT2D eigenvalue weighted by Gasteiger charge is 2.55. The van der Waals surface area contributed by atoms with Crippen LogP contribution >= 0.6 is 0 Å². The first-order valence-electron chi connectivity index (χ1n) is 20.9. The van der Waals surface area contributed by atoms with Crippen LogP contribution < -0.4 is 0 Å². The van der Waals surface area contributed by atoms with Crippen molar-refractivity contribution in [2.45, 2.75) is 155 Å². The highest BCUT2D eigenvalue weighted by atomic mass is 16.7. The minimum atomic E-state index is -2.44. The molecule has 3 aliphatic heterocycles. The van der Waals surface area contributed by atoms with Gasteiger partial charge in [0.1, 0.15) is 17.9 Å². The zero-order valence-corrected chi connectivity index (χ0v) is 34.7. The number of ether oxygens (including phenoxy) is 3. The minimum absolute atomic E-state index is 0.0364. The maximum atomic E-state index is 14.3. The van der Waals surface area contributed by atoms with E-state index in [1.54, 1.807) is 34.0 Å². The average molecular weight is 788 g/mol. The summed E-state index contributed by atoms with van der Waals surface area (Å²) in [4.78, 5) is 57.7. The lowest BCUT2D eigenvalue weighted by Crippen LogP contribution is -2.63. The zero-order valence-electron chi connectivity index (χ0n) is 34.7. The van der Waals surface area contributed by atoms with E-state index in [2.05, 4.69) is 13.5 Å². The number of ketones is 2. The number of fused-ring (bicyclic) bond motifs is 3. The number of piperidine rings is 1. The molecular formula is C44H69NO11. The van der Waals surface area contributed by atoms with Crippen molar-refractivity contribution >= 4 is 23.4 Å². The van der Waals surface area contributed by atoms with Crippen LogP contribution in [0.5, 0.6) is 0 Å². The first-order valence-corrected chi connectivity index (χ1v) is 20.9. The van der Waals surface area contributed by atoms with Gasteiger partial charge >= 0.3 is 5.97 Å². The van der Waals surface area contributed by atoms with E-state index in [4.69, 9.17) is 14.2 Å². The summed E-state index contributed by atoms with van der Waals surface area (Å²) in [7, 11) is 1.56. The van der Waals surface area contributed by atoms with E-state index in [0.717, 1.165) is 5.57 Å². The Morgan fingerprint density at radius 1 is 1.02 bits per heavy atom. The smallest absolute Gasteiger partial charge is 0.329 e. The van der Waals surface area contributed by atoms with Gasteiger partial charge in [0.2, 0.25) is 5.79 Å². The number of hydrogen-bond donors (Lipinski definition) is 4. The van der Waals surface area contributed by atoms with Crippen LogP contribution in [0.4, 0.5) is 0 Å². The van der Waals surface area contributed by atoms with Crippen molar-refractivity contribution in [1.82, 2.24) is 4.90 Å². The van der Waals surface area contributed by atoms with E-state index < -0.39 is 77.8 Å². The second kappa shape index (κ2) is 20.3. The first kappa shape index (κ1) is 46.0. The summed E-state index contributed by atoms with van der Waals surface area (Å²) in [6.07, 6.45) is 6.37. The molecule has 1 amide bonds. The molecule has 316 valence electrons. The van der Waals surface area contributed by atoms with Crippen LogP contribution in [0.3, 0.4) is 0 Å². The topological polar surface area (TPSA) is 180 Å². The van der Waals surface area contributed by atoms with Crippen LogP contribution in [0.2, 0.25) is 0 Å². The molecule has 4 aliphatic rings. The van der Waals surface area contributed by atoms with Gasteiger partial charge in [-0.3, -0.25) is 14.4 Å². The number of allylic oxidation sites excluding steroid dienone is 4. The van der Waals surface area contributed by atoms with Crippen molar-refractivity contribution < 1.29 is 53.8 Å². The Morgan fingerprint density at radius 3 is 2.39 bits per heavy atom. The van der Waals surface area contributed by atoms with Crippen LogP contribution in [0.15, 0.2) is 36.0 Å². The van der Waals surface area contributed by atoms with Crippen LogP contribution in [0.1, 0.15) is 112 Å². The number of hydrogen-bond acceptors (Lipinski definition) is 11. The summed E-state index contributed by atoms with van der Waals surface area (Å²) in [5.74, 6) is -7.88. The van der Waals surface area contributed by atoms with Gasteiger partial charge in [0.05, 0.1) is 24.4 Å². The predicted molar refractivity (Wildman–Crippen MR) is 211 cm³/mol. The summed E-state index contributed by atoms with van der Waals surface area (Å²) in [5, 5.41) is 43.9. The minimum Gasteiger partial charge on any atom is -0.456 e. The number of carbonyl (C=O) groups is 4. The number of carbonyl (C=O) groups excluding carboxylic acids is 4. The summed E-state index contributed by atoms with van der Waals surface area (Å²) in [6.45, 7) is 15.0. The quantitative estimate of drug-likeness (QED) is 0.164. The molecule has 14 atom stereocenters. The Hall–Kier alpha value is -2.74. The molecular weight excluding hydrogens is 718 g/mol. The monoisotopic (exact) mass is 787 g/mol. The fraction of sp³-hybridized carbons (Fsp3) is 0.773. The molecule has 1 aliphatic carbocycles. The molecule has 0 aromatic rings. The Balaban J connectivity index is 1.77. The maximum Gasteiger partial charge on any atom is 0.329 e. The zero-order chi connectivity index (χ0) is 41.5. The number of nitrogens with zero attached hydrogens (tertiary/aromatic N) is 1. The summed E-state index contributed by atoms with van der Waals surface area (Å²) < 4.78 is 18.5. The third-order valence-electron chi connectivity index (χ3n) is 13.0. The Morgan fingerprint density at radius 2 is 1.73 bits per heavy atom. The molecule has 2 saturated heterocycles. The summed E-state index contributed by atoms with van der Waals surface area (Å²) in [5.41, 5.74) is 1.61. The molecule has 4 N–H and O–H groups in total. The van der Waals surface area contributed by atoms with Crippen molar-refractivity contribution in [3.05, 3.63) is 36.0 Å². The van der Waals surface area contributed by atoms with Gasteiger partial charge in [-0.25, -0.2) is 4.79 Å². The number of aliphatic hydroxyl groups excluding tert-OH is 3. The normalized spacial score (nSPS) is 41.5. The van der Waals surface area contributed by atoms with Gasteiger partial charge < -0.3 is 39.5 Å². The van der Waals surface area contributed by atoms with Gasteiger partial charge in [0, 0.05) is 50.4 Å². The molecule has 12 nitrogen and oxygen atoms in total. The van der Waals surface area contributed by atoms with E-state index in [9.17, 15) is 39.6 Å². The highest BCUT2D eigenvalue weighted by molar-refractivity contribution is 6.39. The molecule has 4 rings (SSSR count). The molecule has 3 fully saturated rings. The molecule has 14 unspecified atom stereocenters. The molecule has 56 heavy (non-hydrogen) atoms. The fourth-order valence-electron chi connectivity index (χ4n) is 9.65. The molecule has 0 radical (unpaired) electrons. The molecule has 0 aromatic carbocycles. The van der Waals surface area contributed by atoms with Crippen LogP contribution in [0.25, 0.3) is 0 Å². The number of rotatable bonds is 6. The van der Waals surface area contributed by atoms with E-state index in [1.807, 2.05) is 26.0 Å². The number of aliphatic hydroxyl groups is 4. The number of esters is 1. The second-order valence-electron chi connectivity index (χ2n) is 17.6. The van der Waals surface area contributed by atoms with E-state index >= 15 is 0 Å². The van der Waals surface area contributed by atoms with Crippen LogP contribution in [0, 0.1) is 41.4 Å². The first-order chi connectivity index (χ1) is 26.4. The Bertz CT molecular complexity index is 1460. The second-order valence-corrected chi connectivity index (χ2v) is 17.6. The number of methoxy groups -OCH3 is 1. The van der Waals surface area contributed by atoms with Gasteiger partial charge in [-0.15, -0.1) is 6.58 Å². The summed E-state index contributed by atoms with van der Waals surface area (Å²) in [6, 6.07) is -1.13. The Labute approximate surface area is 333 Å². The largest absolute Gasteiger partial charge is 0.456 e. The SMILES string of the molecule is C=CCC1/C=C(\C)CC(C)CC(OC)C2OC(O)(C(=O)C(=O)N3CCCCC3C(=O)OC(/C(C)=C/C3CCC(O)C(CO)C3)C(C)C(O)CC1=O)C(C)CC2C. The standard InChI is InChI=1S/C44H69NO11/c1-9-12-32-18-25(2)17-26(3)19-38(54-8)40-27(4)20-29(6)44(53,56-40)41(50)42(51)45-16-11-10-13-34(45)43(52)55-39(30(7)36(48)23-37(32)49)28(5)21-31-14-15-35(47)33(22-31)24-46/h9,18,21,26-27,29-36,38-40,46-48,53H,1,10-17,19-20,22-24H2,2-8H3/b25-18+,28-21+. The van der Waals surface area contributed by atoms with Gasteiger partial charge in [0.15, 0.2) is 0 Å². The maximum absolute atomic E-state index is 14.3. The van der Waals surface area contributed by atoms with Crippen LogP contribution in [-0.4, -0.2) is 111 Å². The molecule has 3 heterocycles. The van der Waals surface area contributed by atoms with Crippen molar-refractivity contribution in [2.24, 2.45) is 41.4 Å². The highest BCUT2D eigenvalue weighted by Crippen LogP contribution is 2.41. The lowest BCUT2D eigenvalue weighted by Gasteiger charge is -2.46. The summed E-state index contributed by atoms with van der Waals surface area (Å²) >= 11 is 0. The van der Waals surface area contributed by atoms with Gasteiger partial charge in [-0.05, 0) is 101 Å². The van der Waals surface area contributed by atoms with E-state index in [0.29, 0.717) is 63.4 Å². The lowest BCUT2D eigenvalue weighted by molar-refractivity contribution is -0.290. The van der Waals surface area contributed by atoms with Gasteiger partial charge in [-0.1, -0.05) is 51.5 Å². The molecule has 2 bridgehead atoms. The third kappa shape index (κ3) is 10.8. The van der Waals surface area contributed by atoms with E-state index in [-0.39, 0.29) is 55.4 Å². The fourth-order valence-corrected chi connectivity index (χ4v) is 9.65. The van der Waals surface area contributed by atoms with Crippen molar-refractivity contribution in [3.63, 3.8) is 0 Å².